The van der Waals surface area contributed by atoms with Gasteiger partial charge in [0.2, 0.25) is 5.88 Å². The molecule has 32 heavy (non-hydrogen) atoms. The van der Waals surface area contributed by atoms with Gasteiger partial charge in [0, 0.05) is 10.8 Å². The van der Waals surface area contributed by atoms with Crippen molar-refractivity contribution in [2.75, 3.05) is 0 Å². The molecule has 3 aromatic heterocycles. The topological polar surface area (TPSA) is 87.8 Å². The van der Waals surface area contributed by atoms with Crippen molar-refractivity contribution in [3.63, 3.8) is 0 Å². The third-order valence-corrected chi connectivity index (χ3v) is 10.4. The van der Waals surface area contributed by atoms with Crippen LogP contribution in [-0.4, -0.2) is 38.3 Å². The first-order valence-corrected chi connectivity index (χ1v) is 13.5. The molecule has 0 saturated carbocycles. The van der Waals surface area contributed by atoms with Gasteiger partial charge in [0.15, 0.2) is 14.1 Å². The van der Waals surface area contributed by atoms with Gasteiger partial charge < -0.3 is 9.16 Å². The lowest BCUT2D eigenvalue weighted by Gasteiger charge is -2.36. The minimum absolute atomic E-state index is 0.159. The summed E-state index contributed by atoms with van der Waals surface area (Å²) >= 11 is 0. The maximum Gasteiger partial charge on any atom is 0.241 e. The molecule has 0 spiro atoms. The van der Waals surface area contributed by atoms with E-state index >= 15 is 0 Å². The molecule has 4 rings (SSSR count). The number of pyridine rings is 1. The molecule has 4 aromatic rings. The highest BCUT2D eigenvalue weighted by molar-refractivity contribution is 6.74. The first-order chi connectivity index (χ1) is 15.2. The standard InChI is InChI=1S/C23H28N6O2Si/c1-23(2,3)32(4,5)31-14-18-10-8-9-17(26-18)13-30-22-20-12-7-6-11-19(20)21(27-28-22)29-16-24-15-25-29/h6-12,15-16H,13-14H2,1-5H3. The van der Waals surface area contributed by atoms with E-state index in [1.54, 1.807) is 11.0 Å². The van der Waals surface area contributed by atoms with Crippen molar-refractivity contribution in [3.8, 4) is 11.7 Å². The normalized spacial score (nSPS) is 12.3. The number of fused-ring (bicyclic) bond motifs is 1. The Bertz CT molecular complexity index is 1200. The molecular weight excluding hydrogens is 420 g/mol. The summed E-state index contributed by atoms with van der Waals surface area (Å²) in [5, 5.41) is 14.7. The van der Waals surface area contributed by atoms with E-state index in [4.69, 9.17) is 14.1 Å². The molecule has 0 fully saturated rings. The Hall–Kier alpha value is -3.17. The van der Waals surface area contributed by atoms with Crippen LogP contribution in [0.1, 0.15) is 32.2 Å². The molecule has 0 saturated heterocycles. The zero-order chi connectivity index (χ0) is 22.8. The second kappa shape index (κ2) is 8.76. The van der Waals surface area contributed by atoms with Crippen LogP contribution >= 0.6 is 0 Å². The summed E-state index contributed by atoms with van der Waals surface area (Å²) in [5.74, 6) is 1.06. The van der Waals surface area contributed by atoms with Gasteiger partial charge in [0.05, 0.1) is 18.0 Å². The van der Waals surface area contributed by atoms with E-state index in [0.717, 1.165) is 22.2 Å². The van der Waals surface area contributed by atoms with Crippen LogP contribution in [0.5, 0.6) is 5.88 Å². The minimum Gasteiger partial charge on any atom is -0.470 e. The zero-order valence-electron chi connectivity index (χ0n) is 19.1. The number of rotatable bonds is 7. The Morgan fingerprint density at radius 3 is 2.31 bits per heavy atom. The quantitative estimate of drug-likeness (QED) is 0.378. The van der Waals surface area contributed by atoms with Gasteiger partial charge in [-0.1, -0.05) is 45.0 Å². The molecule has 0 aliphatic heterocycles. The number of hydrogen-bond acceptors (Lipinski definition) is 7. The van der Waals surface area contributed by atoms with Crippen LogP contribution in [0.15, 0.2) is 55.1 Å². The molecule has 1 aromatic carbocycles. The predicted molar refractivity (Wildman–Crippen MR) is 125 cm³/mol. The van der Waals surface area contributed by atoms with E-state index in [-0.39, 0.29) is 11.6 Å². The van der Waals surface area contributed by atoms with Gasteiger partial charge in [-0.15, -0.1) is 10.2 Å². The third kappa shape index (κ3) is 4.68. The monoisotopic (exact) mass is 448 g/mol. The second-order valence-corrected chi connectivity index (χ2v) is 14.0. The van der Waals surface area contributed by atoms with Gasteiger partial charge in [0.25, 0.3) is 0 Å². The molecule has 9 heteroatoms. The summed E-state index contributed by atoms with van der Waals surface area (Å²) in [7, 11) is -1.84. The number of benzene rings is 1. The summed E-state index contributed by atoms with van der Waals surface area (Å²) < 4.78 is 13.9. The molecule has 0 radical (unpaired) electrons. The van der Waals surface area contributed by atoms with Crippen molar-refractivity contribution in [1.82, 2.24) is 29.9 Å². The third-order valence-electron chi connectivity index (χ3n) is 5.88. The number of aromatic nitrogens is 6. The summed E-state index contributed by atoms with van der Waals surface area (Å²) in [6.45, 7) is 12.0. The van der Waals surface area contributed by atoms with E-state index in [9.17, 15) is 0 Å². The van der Waals surface area contributed by atoms with Crippen LogP contribution in [-0.2, 0) is 17.6 Å². The SMILES string of the molecule is CC(C)(C)[Si](C)(C)OCc1cccc(COc2nnc(-n3cncn3)c3ccccc23)n1. The second-order valence-electron chi connectivity index (χ2n) is 9.17. The van der Waals surface area contributed by atoms with Crippen LogP contribution in [0.2, 0.25) is 18.1 Å². The van der Waals surface area contributed by atoms with Gasteiger partial charge in [-0.05, 0) is 36.3 Å². The van der Waals surface area contributed by atoms with Crippen molar-refractivity contribution in [2.24, 2.45) is 0 Å². The average Bonchev–Trinajstić information content (AvgIpc) is 3.30. The Morgan fingerprint density at radius 1 is 0.906 bits per heavy atom. The highest BCUT2D eigenvalue weighted by Crippen LogP contribution is 2.37. The fourth-order valence-electron chi connectivity index (χ4n) is 2.96. The Morgan fingerprint density at radius 2 is 1.62 bits per heavy atom. The number of nitrogens with zero attached hydrogens (tertiary/aromatic N) is 6. The first-order valence-electron chi connectivity index (χ1n) is 10.6. The van der Waals surface area contributed by atoms with Crippen LogP contribution in [0.4, 0.5) is 0 Å². The molecule has 0 aliphatic rings. The molecular formula is C23H28N6O2Si. The van der Waals surface area contributed by atoms with E-state index in [1.807, 2.05) is 42.5 Å². The molecule has 166 valence electrons. The zero-order valence-corrected chi connectivity index (χ0v) is 20.1. The summed E-state index contributed by atoms with van der Waals surface area (Å²) in [4.78, 5) is 8.71. The van der Waals surface area contributed by atoms with Crippen molar-refractivity contribution >= 4 is 19.1 Å². The highest BCUT2D eigenvalue weighted by atomic mass is 28.4. The van der Waals surface area contributed by atoms with Crippen molar-refractivity contribution < 1.29 is 9.16 Å². The number of hydrogen-bond donors (Lipinski definition) is 0. The van der Waals surface area contributed by atoms with E-state index in [0.29, 0.717) is 18.3 Å². The summed E-state index contributed by atoms with van der Waals surface area (Å²) in [6, 6.07) is 13.7. The van der Waals surface area contributed by atoms with Crippen LogP contribution < -0.4 is 4.74 Å². The molecule has 0 unspecified atom stereocenters. The highest BCUT2D eigenvalue weighted by Gasteiger charge is 2.37. The van der Waals surface area contributed by atoms with Gasteiger partial charge >= 0.3 is 0 Å². The molecule has 0 atom stereocenters. The van der Waals surface area contributed by atoms with Crippen LogP contribution in [0, 0.1) is 0 Å². The van der Waals surface area contributed by atoms with E-state index in [2.05, 4.69) is 54.1 Å². The van der Waals surface area contributed by atoms with Gasteiger partial charge in [-0.2, -0.15) is 5.10 Å². The van der Waals surface area contributed by atoms with Crippen molar-refractivity contribution in [3.05, 3.63) is 66.5 Å². The minimum atomic E-state index is -1.84. The average molecular weight is 449 g/mol. The van der Waals surface area contributed by atoms with Gasteiger partial charge in [-0.3, -0.25) is 4.98 Å². The van der Waals surface area contributed by atoms with E-state index in [1.165, 1.54) is 6.33 Å². The molecule has 0 aliphatic carbocycles. The summed E-state index contributed by atoms with van der Waals surface area (Å²) in [6.07, 6.45) is 3.06. The molecule has 0 amide bonds. The lowest BCUT2D eigenvalue weighted by atomic mass is 10.2. The Kier molecular flexibility index (Phi) is 6.03. The van der Waals surface area contributed by atoms with Crippen molar-refractivity contribution in [1.29, 1.82) is 0 Å². The first kappa shape index (κ1) is 22.0. The van der Waals surface area contributed by atoms with Crippen LogP contribution in [0.25, 0.3) is 16.6 Å². The maximum absolute atomic E-state index is 6.30. The molecule has 8 nitrogen and oxygen atoms in total. The van der Waals surface area contributed by atoms with Crippen LogP contribution in [0.3, 0.4) is 0 Å². The smallest absolute Gasteiger partial charge is 0.241 e. The maximum atomic E-state index is 6.30. The molecule has 3 heterocycles. The fraction of sp³-hybridized carbons (Fsp3) is 0.348. The lowest BCUT2D eigenvalue weighted by molar-refractivity contribution is 0.267. The molecule has 0 bridgehead atoms. The lowest BCUT2D eigenvalue weighted by Crippen LogP contribution is -2.40. The predicted octanol–water partition coefficient (Wildman–Crippen LogP) is 4.71. The number of ether oxygens (including phenoxy) is 1. The van der Waals surface area contributed by atoms with E-state index < -0.39 is 8.32 Å². The Balaban J connectivity index is 1.50. The largest absolute Gasteiger partial charge is 0.470 e. The van der Waals surface area contributed by atoms with Gasteiger partial charge in [-0.25, -0.2) is 9.67 Å². The fourth-order valence-corrected chi connectivity index (χ4v) is 3.90. The van der Waals surface area contributed by atoms with Gasteiger partial charge in [0.1, 0.15) is 19.3 Å². The summed E-state index contributed by atoms with van der Waals surface area (Å²) in [5.41, 5.74) is 1.71. The molecule has 0 N–H and O–H groups in total. The van der Waals surface area contributed by atoms with Crippen molar-refractivity contribution in [2.45, 2.75) is 52.1 Å². The Labute approximate surface area is 188 Å².